The Kier molecular flexibility index (Phi) is 6.34. The first-order valence-corrected chi connectivity index (χ1v) is 10.1. The van der Waals surface area contributed by atoms with Crippen LogP contribution in [0.5, 0.6) is 0 Å². The van der Waals surface area contributed by atoms with Crippen molar-refractivity contribution in [2.45, 2.75) is 17.1 Å². The summed E-state index contributed by atoms with van der Waals surface area (Å²) in [7, 11) is -1.92. The van der Waals surface area contributed by atoms with E-state index in [9.17, 15) is 13.2 Å². The van der Waals surface area contributed by atoms with Crippen LogP contribution in [0.15, 0.2) is 50.5 Å². The van der Waals surface area contributed by atoms with Crippen molar-refractivity contribution in [2.24, 2.45) is 0 Å². The third kappa shape index (κ3) is 4.87. The lowest BCUT2D eigenvalue weighted by molar-refractivity contribution is -0.116. The highest BCUT2D eigenvalue weighted by Gasteiger charge is 2.21. The molecular formula is C15H17BrN2O3S2. The zero-order chi connectivity index (χ0) is 16.9. The molecule has 1 aromatic carbocycles. The maximum atomic E-state index is 12.2. The van der Waals surface area contributed by atoms with Crippen LogP contribution in [-0.2, 0) is 14.8 Å². The van der Waals surface area contributed by atoms with Crippen molar-refractivity contribution in [3.8, 4) is 0 Å². The number of rotatable bonds is 7. The maximum Gasteiger partial charge on any atom is 0.252 e. The zero-order valence-electron chi connectivity index (χ0n) is 12.5. The van der Waals surface area contributed by atoms with Crippen LogP contribution in [0, 0.1) is 0 Å². The Balaban J connectivity index is 1.83. The smallest absolute Gasteiger partial charge is 0.252 e. The van der Waals surface area contributed by atoms with Gasteiger partial charge in [0.2, 0.25) is 5.91 Å². The minimum absolute atomic E-state index is 0.140. The van der Waals surface area contributed by atoms with E-state index in [4.69, 9.17) is 0 Å². The SMILES string of the molecule is CN(CCCC(=O)Nc1ccccc1Br)S(=O)(=O)c1cccs1. The molecule has 0 saturated heterocycles. The third-order valence-corrected chi connectivity index (χ3v) is 7.11. The van der Waals surface area contributed by atoms with Crippen molar-refractivity contribution in [1.82, 2.24) is 4.31 Å². The van der Waals surface area contributed by atoms with Gasteiger partial charge in [0.15, 0.2) is 0 Å². The molecule has 1 heterocycles. The van der Waals surface area contributed by atoms with Crippen molar-refractivity contribution >= 4 is 48.9 Å². The minimum Gasteiger partial charge on any atom is -0.325 e. The monoisotopic (exact) mass is 416 g/mol. The lowest BCUT2D eigenvalue weighted by Crippen LogP contribution is -2.28. The van der Waals surface area contributed by atoms with Gasteiger partial charge < -0.3 is 5.32 Å². The molecule has 0 radical (unpaired) electrons. The second-order valence-electron chi connectivity index (χ2n) is 4.89. The van der Waals surface area contributed by atoms with E-state index in [1.54, 1.807) is 23.6 Å². The molecule has 5 nitrogen and oxygen atoms in total. The quantitative estimate of drug-likeness (QED) is 0.750. The highest BCUT2D eigenvalue weighted by Crippen LogP contribution is 2.22. The van der Waals surface area contributed by atoms with Crippen LogP contribution in [-0.4, -0.2) is 32.2 Å². The molecule has 0 aliphatic heterocycles. The van der Waals surface area contributed by atoms with Crippen LogP contribution >= 0.6 is 27.3 Å². The summed E-state index contributed by atoms with van der Waals surface area (Å²) in [6, 6.07) is 10.6. The van der Waals surface area contributed by atoms with Gasteiger partial charge in [0.25, 0.3) is 10.0 Å². The van der Waals surface area contributed by atoms with Gasteiger partial charge in [-0.3, -0.25) is 4.79 Å². The Morgan fingerprint density at radius 2 is 2.00 bits per heavy atom. The molecule has 23 heavy (non-hydrogen) atoms. The number of carbonyl (C=O) groups is 1. The number of hydrogen-bond donors (Lipinski definition) is 1. The second kappa shape index (κ2) is 8.05. The van der Waals surface area contributed by atoms with Gasteiger partial charge >= 0.3 is 0 Å². The Bertz CT molecular complexity index is 761. The fraction of sp³-hybridized carbons (Fsp3) is 0.267. The maximum absolute atomic E-state index is 12.2. The van der Waals surface area contributed by atoms with Gasteiger partial charge in [-0.15, -0.1) is 11.3 Å². The molecule has 2 aromatic rings. The summed E-state index contributed by atoms with van der Waals surface area (Å²) in [4.78, 5) is 11.9. The summed E-state index contributed by atoms with van der Waals surface area (Å²) < 4.78 is 26.9. The van der Waals surface area contributed by atoms with E-state index in [1.807, 2.05) is 18.2 Å². The Morgan fingerprint density at radius 1 is 1.26 bits per heavy atom. The lowest BCUT2D eigenvalue weighted by Gasteiger charge is -2.15. The summed E-state index contributed by atoms with van der Waals surface area (Å²) in [6.07, 6.45) is 0.711. The number of thiophene rings is 1. The lowest BCUT2D eigenvalue weighted by atomic mass is 10.2. The molecule has 0 aliphatic rings. The average Bonchev–Trinajstić information content (AvgIpc) is 3.04. The predicted molar refractivity (Wildman–Crippen MR) is 96.1 cm³/mol. The van der Waals surface area contributed by atoms with E-state index < -0.39 is 10.0 Å². The molecule has 0 aliphatic carbocycles. The molecule has 2 rings (SSSR count). The molecule has 0 saturated carbocycles. The summed E-state index contributed by atoms with van der Waals surface area (Å²) in [5.74, 6) is -0.140. The van der Waals surface area contributed by atoms with Gasteiger partial charge in [-0.05, 0) is 45.9 Å². The summed E-state index contributed by atoms with van der Waals surface area (Å²) in [5, 5.41) is 4.53. The van der Waals surface area contributed by atoms with Crippen LogP contribution < -0.4 is 5.32 Å². The largest absolute Gasteiger partial charge is 0.325 e. The molecule has 1 N–H and O–H groups in total. The molecule has 124 valence electrons. The first kappa shape index (κ1) is 18.1. The number of amides is 1. The summed E-state index contributed by atoms with van der Waals surface area (Å²) in [5.41, 5.74) is 0.706. The predicted octanol–water partition coefficient (Wildman–Crippen LogP) is 3.55. The number of nitrogens with zero attached hydrogens (tertiary/aromatic N) is 1. The number of carbonyl (C=O) groups excluding carboxylic acids is 1. The van der Waals surface area contributed by atoms with Crippen molar-refractivity contribution in [3.63, 3.8) is 0 Å². The second-order valence-corrected chi connectivity index (χ2v) is 8.96. The number of sulfonamides is 1. The molecule has 0 fully saturated rings. The standard InChI is InChI=1S/C15H17BrN2O3S2/c1-18(23(20,21)15-9-5-11-22-15)10-4-8-14(19)17-13-7-3-2-6-12(13)16/h2-3,5-7,9,11H,4,8,10H2,1H3,(H,17,19). The van der Waals surface area contributed by atoms with Crippen molar-refractivity contribution in [3.05, 3.63) is 46.3 Å². The molecule has 0 atom stereocenters. The number of nitrogens with one attached hydrogen (secondary N) is 1. The van der Waals surface area contributed by atoms with Crippen LogP contribution in [0.2, 0.25) is 0 Å². The van der Waals surface area contributed by atoms with Crippen molar-refractivity contribution in [1.29, 1.82) is 0 Å². The van der Waals surface area contributed by atoms with Crippen molar-refractivity contribution < 1.29 is 13.2 Å². The van der Waals surface area contributed by atoms with E-state index in [2.05, 4.69) is 21.2 Å². The van der Waals surface area contributed by atoms with Crippen LogP contribution in [0.1, 0.15) is 12.8 Å². The molecule has 8 heteroatoms. The Hall–Kier alpha value is -1.22. The van der Waals surface area contributed by atoms with Gasteiger partial charge in [-0.2, -0.15) is 0 Å². The third-order valence-electron chi connectivity index (χ3n) is 3.18. The number of hydrogen-bond acceptors (Lipinski definition) is 4. The van der Waals surface area contributed by atoms with E-state index >= 15 is 0 Å². The molecular weight excluding hydrogens is 400 g/mol. The van der Waals surface area contributed by atoms with E-state index in [0.29, 0.717) is 22.9 Å². The molecule has 0 spiro atoms. The first-order valence-electron chi connectivity index (χ1n) is 6.95. The van der Waals surface area contributed by atoms with Gasteiger partial charge in [0.05, 0.1) is 5.69 Å². The molecule has 1 aromatic heterocycles. The zero-order valence-corrected chi connectivity index (χ0v) is 15.7. The van der Waals surface area contributed by atoms with Crippen LogP contribution in [0.25, 0.3) is 0 Å². The van der Waals surface area contributed by atoms with E-state index in [0.717, 1.165) is 4.47 Å². The summed E-state index contributed by atoms with van der Waals surface area (Å²) >= 11 is 4.55. The first-order chi connectivity index (χ1) is 10.9. The minimum atomic E-state index is -3.45. The fourth-order valence-electron chi connectivity index (χ4n) is 1.92. The van der Waals surface area contributed by atoms with Crippen LogP contribution in [0.3, 0.4) is 0 Å². The Morgan fingerprint density at radius 3 is 2.65 bits per heavy atom. The van der Waals surface area contributed by atoms with Gasteiger partial charge in [0, 0.05) is 24.5 Å². The van der Waals surface area contributed by atoms with Gasteiger partial charge in [-0.1, -0.05) is 18.2 Å². The fourth-order valence-corrected chi connectivity index (χ4v) is 4.72. The average molecular weight is 417 g/mol. The van der Waals surface area contributed by atoms with Gasteiger partial charge in [0.1, 0.15) is 4.21 Å². The van der Waals surface area contributed by atoms with E-state index in [1.165, 1.54) is 22.7 Å². The Labute approximate surface area is 148 Å². The number of halogens is 1. The molecule has 0 unspecified atom stereocenters. The number of anilines is 1. The highest BCUT2D eigenvalue weighted by atomic mass is 79.9. The normalized spacial score (nSPS) is 11.6. The van der Waals surface area contributed by atoms with Crippen LogP contribution in [0.4, 0.5) is 5.69 Å². The van der Waals surface area contributed by atoms with E-state index in [-0.39, 0.29) is 12.3 Å². The molecule has 0 bridgehead atoms. The topological polar surface area (TPSA) is 66.5 Å². The number of benzene rings is 1. The highest BCUT2D eigenvalue weighted by molar-refractivity contribution is 9.10. The molecule has 1 amide bonds. The number of para-hydroxylation sites is 1. The summed E-state index contributed by atoms with van der Waals surface area (Å²) in [6.45, 7) is 0.295. The van der Waals surface area contributed by atoms with Gasteiger partial charge in [-0.25, -0.2) is 12.7 Å². The van der Waals surface area contributed by atoms with Crippen molar-refractivity contribution in [2.75, 3.05) is 18.9 Å².